The van der Waals surface area contributed by atoms with Crippen LogP contribution in [0.2, 0.25) is 0 Å². The predicted molar refractivity (Wildman–Crippen MR) is 83.3 cm³/mol. The van der Waals surface area contributed by atoms with Crippen LogP contribution >= 0.6 is 34.4 Å². The molecule has 0 heterocycles. The molecular weight excluding hydrogens is 393 g/mol. The van der Waals surface area contributed by atoms with Crippen molar-refractivity contribution < 1.29 is 14.8 Å². The van der Waals surface area contributed by atoms with Crippen LogP contribution in [0.3, 0.4) is 0 Å². The molecule has 0 spiro atoms. The molecule has 7 heteroatoms. The molecule has 0 aliphatic rings. The third-order valence-electron chi connectivity index (χ3n) is 2.46. The maximum absolute atomic E-state index is 10.8. The lowest BCUT2D eigenvalue weighted by atomic mass is 10.2. The summed E-state index contributed by atoms with van der Waals surface area (Å²) in [4.78, 5) is 22.8. The molecule has 0 atom stereocenters. The zero-order valence-electron chi connectivity index (χ0n) is 9.95. The second-order valence-electron chi connectivity index (χ2n) is 3.80. The second kappa shape index (κ2) is 6.23. The van der Waals surface area contributed by atoms with E-state index in [0.717, 1.165) is 13.4 Å². The standard InChI is InChI=1S/C13H8INO4S/c14-11-7-9(15(18)19)3-6-12(11)20-10-4-1-8(2-5-10)13(16)17/h1-7H,(H,16,17). The van der Waals surface area contributed by atoms with E-state index in [-0.39, 0.29) is 11.3 Å². The fraction of sp³-hybridized carbons (Fsp3) is 0. The number of carbonyl (C=O) groups is 1. The molecule has 102 valence electrons. The summed E-state index contributed by atoms with van der Waals surface area (Å²) in [5.41, 5.74) is 0.285. The van der Waals surface area contributed by atoms with Gasteiger partial charge in [-0.2, -0.15) is 0 Å². The Kier molecular flexibility index (Phi) is 4.61. The first-order valence-corrected chi connectivity index (χ1v) is 7.32. The third-order valence-corrected chi connectivity index (χ3v) is 4.80. The number of nitrogens with zero attached hydrogens (tertiary/aromatic N) is 1. The van der Waals surface area contributed by atoms with E-state index in [0.29, 0.717) is 0 Å². The first-order chi connectivity index (χ1) is 9.47. The second-order valence-corrected chi connectivity index (χ2v) is 6.08. The Morgan fingerprint density at radius 2 is 1.85 bits per heavy atom. The molecule has 20 heavy (non-hydrogen) atoms. The number of hydrogen-bond acceptors (Lipinski definition) is 4. The molecule has 2 aromatic carbocycles. The summed E-state index contributed by atoms with van der Waals surface area (Å²) in [6.45, 7) is 0. The highest BCUT2D eigenvalue weighted by atomic mass is 127. The number of carboxylic acids is 1. The van der Waals surface area contributed by atoms with Crippen LogP contribution < -0.4 is 0 Å². The Morgan fingerprint density at radius 1 is 1.20 bits per heavy atom. The van der Waals surface area contributed by atoms with Gasteiger partial charge in [-0.1, -0.05) is 11.8 Å². The first-order valence-electron chi connectivity index (χ1n) is 5.42. The van der Waals surface area contributed by atoms with E-state index in [2.05, 4.69) is 0 Å². The van der Waals surface area contributed by atoms with Crippen molar-refractivity contribution in [2.45, 2.75) is 9.79 Å². The van der Waals surface area contributed by atoms with Gasteiger partial charge in [0.1, 0.15) is 0 Å². The molecule has 0 aliphatic carbocycles. The van der Waals surface area contributed by atoms with Crippen molar-refractivity contribution in [2.75, 3.05) is 0 Å². The minimum Gasteiger partial charge on any atom is -0.478 e. The Hall–Kier alpha value is -1.61. The van der Waals surface area contributed by atoms with Gasteiger partial charge in [-0.05, 0) is 52.9 Å². The summed E-state index contributed by atoms with van der Waals surface area (Å²) < 4.78 is 0.782. The van der Waals surface area contributed by atoms with Gasteiger partial charge in [-0.15, -0.1) is 0 Å². The van der Waals surface area contributed by atoms with Crippen LogP contribution in [0, 0.1) is 13.7 Å². The lowest BCUT2D eigenvalue weighted by Crippen LogP contribution is -1.94. The zero-order valence-corrected chi connectivity index (χ0v) is 12.9. The van der Waals surface area contributed by atoms with Gasteiger partial charge in [-0.3, -0.25) is 10.1 Å². The molecule has 2 aromatic rings. The van der Waals surface area contributed by atoms with Crippen molar-refractivity contribution in [3.63, 3.8) is 0 Å². The maximum Gasteiger partial charge on any atom is 0.335 e. The fourth-order valence-corrected chi connectivity index (χ4v) is 3.13. The van der Waals surface area contributed by atoms with Gasteiger partial charge in [0, 0.05) is 25.5 Å². The van der Waals surface area contributed by atoms with Crippen molar-refractivity contribution in [1.29, 1.82) is 0 Å². The van der Waals surface area contributed by atoms with Crippen LogP contribution in [-0.4, -0.2) is 16.0 Å². The van der Waals surface area contributed by atoms with Gasteiger partial charge in [0.15, 0.2) is 0 Å². The SMILES string of the molecule is O=C(O)c1ccc(Sc2ccc([N+](=O)[O-])cc2I)cc1. The van der Waals surface area contributed by atoms with E-state index in [1.54, 1.807) is 18.2 Å². The van der Waals surface area contributed by atoms with E-state index >= 15 is 0 Å². The van der Waals surface area contributed by atoms with Gasteiger partial charge in [0.05, 0.1) is 10.5 Å². The van der Waals surface area contributed by atoms with Gasteiger partial charge in [0.2, 0.25) is 0 Å². The lowest BCUT2D eigenvalue weighted by molar-refractivity contribution is -0.385. The zero-order chi connectivity index (χ0) is 14.7. The van der Waals surface area contributed by atoms with E-state index in [4.69, 9.17) is 5.11 Å². The summed E-state index contributed by atoms with van der Waals surface area (Å²) in [5.74, 6) is -0.966. The molecule has 0 unspecified atom stereocenters. The quantitative estimate of drug-likeness (QED) is 0.475. The number of benzene rings is 2. The number of hydrogen-bond donors (Lipinski definition) is 1. The third kappa shape index (κ3) is 3.48. The number of non-ortho nitro benzene ring substituents is 1. The summed E-state index contributed by atoms with van der Waals surface area (Å²) in [6, 6.07) is 11.1. The number of nitro benzene ring substituents is 1. The highest BCUT2D eigenvalue weighted by Crippen LogP contribution is 2.33. The molecule has 2 rings (SSSR count). The molecule has 5 nitrogen and oxygen atoms in total. The number of nitro groups is 1. The summed E-state index contributed by atoms with van der Waals surface area (Å²) in [6.07, 6.45) is 0. The normalized spacial score (nSPS) is 10.2. The smallest absolute Gasteiger partial charge is 0.335 e. The Labute approximate surface area is 132 Å². The van der Waals surface area contributed by atoms with Crippen LogP contribution in [0.1, 0.15) is 10.4 Å². The molecular formula is C13H8INO4S. The average Bonchev–Trinajstić information content (AvgIpc) is 2.41. The molecule has 0 saturated heterocycles. The highest BCUT2D eigenvalue weighted by Gasteiger charge is 2.10. The Morgan fingerprint density at radius 3 is 2.35 bits per heavy atom. The topological polar surface area (TPSA) is 80.4 Å². The minimum absolute atomic E-state index is 0.0555. The molecule has 0 aromatic heterocycles. The number of rotatable bonds is 4. The molecule has 0 radical (unpaired) electrons. The van der Waals surface area contributed by atoms with Crippen molar-refractivity contribution >= 4 is 46.0 Å². The predicted octanol–water partition coefficient (Wildman–Crippen LogP) is 4.05. The van der Waals surface area contributed by atoms with Gasteiger partial charge in [-0.25, -0.2) is 4.79 Å². The summed E-state index contributed by atoms with van der Waals surface area (Å²) >= 11 is 3.48. The molecule has 0 saturated carbocycles. The average molecular weight is 401 g/mol. The van der Waals surface area contributed by atoms with Crippen LogP contribution in [0.25, 0.3) is 0 Å². The monoisotopic (exact) mass is 401 g/mol. The fourth-order valence-electron chi connectivity index (χ4n) is 1.48. The van der Waals surface area contributed by atoms with E-state index < -0.39 is 10.9 Å². The molecule has 0 aliphatic heterocycles. The lowest BCUT2D eigenvalue weighted by Gasteiger charge is -2.04. The van der Waals surface area contributed by atoms with Gasteiger partial charge < -0.3 is 5.11 Å². The summed E-state index contributed by atoms with van der Waals surface area (Å²) in [7, 11) is 0. The van der Waals surface area contributed by atoms with Crippen molar-refractivity contribution in [2.24, 2.45) is 0 Å². The Bertz CT molecular complexity index is 673. The van der Waals surface area contributed by atoms with Gasteiger partial charge >= 0.3 is 5.97 Å². The summed E-state index contributed by atoms with van der Waals surface area (Å²) in [5, 5.41) is 19.5. The minimum atomic E-state index is -0.966. The molecule has 0 amide bonds. The van der Waals surface area contributed by atoms with Crippen molar-refractivity contribution in [3.8, 4) is 0 Å². The van der Waals surface area contributed by atoms with Crippen LogP contribution in [0.5, 0.6) is 0 Å². The largest absolute Gasteiger partial charge is 0.478 e. The number of aromatic carboxylic acids is 1. The van der Waals surface area contributed by atoms with E-state index in [9.17, 15) is 14.9 Å². The van der Waals surface area contributed by atoms with Crippen LogP contribution in [0.15, 0.2) is 52.3 Å². The molecule has 0 fully saturated rings. The number of carboxylic acid groups (broad SMARTS) is 1. The maximum atomic E-state index is 10.8. The van der Waals surface area contributed by atoms with Crippen molar-refractivity contribution in [1.82, 2.24) is 0 Å². The highest BCUT2D eigenvalue weighted by molar-refractivity contribution is 14.1. The molecule has 0 bridgehead atoms. The number of halogens is 1. The van der Waals surface area contributed by atoms with Gasteiger partial charge in [0.25, 0.3) is 5.69 Å². The van der Waals surface area contributed by atoms with Crippen LogP contribution in [-0.2, 0) is 0 Å². The van der Waals surface area contributed by atoms with E-state index in [1.807, 2.05) is 22.6 Å². The Balaban J connectivity index is 2.21. The van der Waals surface area contributed by atoms with E-state index in [1.165, 1.54) is 36.0 Å². The van der Waals surface area contributed by atoms with Crippen molar-refractivity contribution in [3.05, 3.63) is 61.7 Å². The van der Waals surface area contributed by atoms with Crippen LogP contribution in [0.4, 0.5) is 5.69 Å². The first kappa shape index (κ1) is 14.8. The molecule has 1 N–H and O–H groups in total.